The summed E-state index contributed by atoms with van der Waals surface area (Å²) in [6, 6.07) is 17.8. The van der Waals surface area contributed by atoms with Gasteiger partial charge in [0.25, 0.3) is 5.91 Å². The quantitative estimate of drug-likeness (QED) is 0.799. The number of hydrazone groups is 1. The summed E-state index contributed by atoms with van der Waals surface area (Å²) < 4.78 is 5.28. The van der Waals surface area contributed by atoms with Crippen LogP contribution in [0.2, 0.25) is 0 Å². The number of nitrogens with zero attached hydrogens (tertiary/aromatic N) is 3. The highest BCUT2D eigenvalue weighted by molar-refractivity contribution is 6.03. The molecule has 2 aliphatic rings. The maximum atomic E-state index is 13.3. The number of carbonyl (C=O) groups is 1. The molecule has 2 heterocycles. The molecule has 2 aromatic carbocycles. The molecule has 0 saturated carbocycles. The van der Waals surface area contributed by atoms with E-state index in [9.17, 15) is 9.90 Å². The number of aliphatic hydroxyl groups excluding tert-OH is 1. The van der Waals surface area contributed by atoms with Gasteiger partial charge < -0.3 is 9.84 Å². The summed E-state index contributed by atoms with van der Waals surface area (Å²) in [5.74, 6) is 1.17. The van der Waals surface area contributed by atoms with Crippen LogP contribution in [0.3, 0.4) is 0 Å². The fourth-order valence-corrected chi connectivity index (χ4v) is 4.22. The standard InChI is InChI=1S/C24H29N3O3/c1-30-21-9-7-20(8-10-21)23-15-22(19-5-3-2-4-6-19)25-27(23)24(29)16-26-13-11-18(17-28)12-14-26/h2-10,18,23,28H,11-17H2,1H3. The van der Waals surface area contributed by atoms with E-state index in [4.69, 9.17) is 9.84 Å². The molecule has 0 aromatic heterocycles. The lowest BCUT2D eigenvalue weighted by atomic mass is 9.97. The first-order valence-electron chi connectivity index (χ1n) is 10.6. The predicted octanol–water partition coefficient (Wildman–Crippen LogP) is 3.08. The molecule has 4 rings (SSSR count). The first-order chi connectivity index (χ1) is 14.7. The Labute approximate surface area is 177 Å². The van der Waals surface area contributed by atoms with Crippen molar-refractivity contribution in [3.8, 4) is 5.75 Å². The Morgan fingerprint density at radius 1 is 1.10 bits per heavy atom. The average molecular weight is 408 g/mol. The number of aliphatic hydroxyl groups is 1. The molecular formula is C24H29N3O3. The minimum absolute atomic E-state index is 0.0178. The Morgan fingerprint density at radius 3 is 2.43 bits per heavy atom. The second-order valence-electron chi connectivity index (χ2n) is 8.05. The van der Waals surface area contributed by atoms with Gasteiger partial charge in [-0.1, -0.05) is 42.5 Å². The van der Waals surface area contributed by atoms with Crippen molar-refractivity contribution >= 4 is 11.6 Å². The SMILES string of the molecule is COc1ccc(C2CC(c3ccccc3)=NN2C(=O)CN2CCC(CO)CC2)cc1. The maximum Gasteiger partial charge on any atom is 0.257 e. The number of likely N-dealkylation sites (tertiary alicyclic amines) is 1. The summed E-state index contributed by atoms with van der Waals surface area (Å²) in [5, 5.41) is 15.8. The molecule has 6 heteroatoms. The molecule has 1 N–H and O–H groups in total. The van der Waals surface area contributed by atoms with Gasteiger partial charge >= 0.3 is 0 Å². The van der Waals surface area contributed by atoms with Crippen LogP contribution in [0.1, 0.15) is 36.4 Å². The average Bonchev–Trinajstić information content (AvgIpc) is 3.26. The van der Waals surface area contributed by atoms with E-state index in [1.165, 1.54) is 0 Å². The number of hydrogen-bond acceptors (Lipinski definition) is 5. The highest BCUT2D eigenvalue weighted by atomic mass is 16.5. The second-order valence-corrected chi connectivity index (χ2v) is 8.05. The first kappa shape index (κ1) is 20.6. The van der Waals surface area contributed by atoms with Gasteiger partial charge in [-0.3, -0.25) is 9.69 Å². The van der Waals surface area contributed by atoms with Crippen molar-refractivity contribution < 1.29 is 14.6 Å². The number of methoxy groups -OCH3 is 1. The van der Waals surface area contributed by atoms with Gasteiger partial charge in [-0.15, -0.1) is 0 Å². The largest absolute Gasteiger partial charge is 0.497 e. The molecule has 158 valence electrons. The van der Waals surface area contributed by atoms with E-state index in [1.54, 1.807) is 12.1 Å². The monoisotopic (exact) mass is 407 g/mol. The van der Waals surface area contributed by atoms with Crippen molar-refractivity contribution in [1.82, 2.24) is 9.91 Å². The van der Waals surface area contributed by atoms with Gasteiger partial charge in [0, 0.05) is 13.0 Å². The number of rotatable bonds is 6. The minimum Gasteiger partial charge on any atom is -0.497 e. The van der Waals surface area contributed by atoms with E-state index in [1.807, 2.05) is 54.6 Å². The Hall–Kier alpha value is -2.70. The molecule has 1 unspecified atom stereocenters. The lowest BCUT2D eigenvalue weighted by Crippen LogP contribution is -2.42. The molecule has 0 aliphatic carbocycles. The Balaban J connectivity index is 1.53. The van der Waals surface area contributed by atoms with E-state index in [2.05, 4.69) is 4.90 Å². The van der Waals surface area contributed by atoms with Gasteiger partial charge in [0.2, 0.25) is 0 Å². The number of amides is 1. The van der Waals surface area contributed by atoms with Crippen LogP contribution >= 0.6 is 0 Å². The molecule has 1 amide bonds. The second kappa shape index (κ2) is 9.41. The lowest BCUT2D eigenvalue weighted by Gasteiger charge is -2.32. The molecule has 2 aromatic rings. The van der Waals surface area contributed by atoms with Crippen LogP contribution in [0, 0.1) is 5.92 Å². The number of piperidine rings is 1. The summed E-state index contributed by atoms with van der Waals surface area (Å²) in [4.78, 5) is 15.4. The molecule has 0 radical (unpaired) electrons. The fraction of sp³-hybridized carbons (Fsp3) is 0.417. The zero-order valence-electron chi connectivity index (χ0n) is 17.4. The third-order valence-electron chi connectivity index (χ3n) is 6.10. The first-order valence-corrected chi connectivity index (χ1v) is 10.6. The van der Waals surface area contributed by atoms with Crippen LogP contribution in [-0.2, 0) is 4.79 Å². The smallest absolute Gasteiger partial charge is 0.257 e. The Bertz CT molecular complexity index is 874. The van der Waals surface area contributed by atoms with Crippen LogP contribution in [0.4, 0.5) is 0 Å². The van der Waals surface area contributed by atoms with Crippen molar-refractivity contribution in [3.63, 3.8) is 0 Å². The van der Waals surface area contributed by atoms with E-state index in [-0.39, 0.29) is 18.6 Å². The van der Waals surface area contributed by atoms with E-state index < -0.39 is 0 Å². The summed E-state index contributed by atoms with van der Waals surface area (Å²) in [5.41, 5.74) is 3.04. The number of hydrogen-bond donors (Lipinski definition) is 1. The molecule has 2 aliphatic heterocycles. The normalized spacial score (nSPS) is 20.3. The van der Waals surface area contributed by atoms with E-state index in [0.29, 0.717) is 18.9 Å². The van der Waals surface area contributed by atoms with Gasteiger partial charge in [0.05, 0.1) is 25.4 Å². The molecule has 1 fully saturated rings. The third-order valence-corrected chi connectivity index (χ3v) is 6.10. The van der Waals surface area contributed by atoms with Gasteiger partial charge in [-0.2, -0.15) is 5.10 Å². The van der Waals surface area contributed by atoms with Gasteiger partial charge in [0.15, 0.2) is 0 Å². The summed E-state index contributed by atoms with van der Waals surface area (Å²) in [6.07, 6.45) is 2.56. The van der Waals surface area contributed by atoms with Crippen molar-refractivity contribution in [1.29, 1.82) is 0 Å². The molecule has 6 nitrogen and oxygen atoms in total. The highest BCUT2D eigenvalue weighted by Gasteiger charge is 2.34. The summed E-state index contributed by atoms with van der Waals surface area (Å²) in [6.45, 7) is 2.27. The number of benzene rings is 2. The zero-order valence-corrected chi connectivity index (χ0v) is 17.4. The van der Waals surface area contributed by atoms with Crippen LogP contribution in [0.25, 0.3) is 0 Å². The molecule has 0 spiro atoms. The predicted molar refractivity (Wildman–Crippen MR) is 116 cm³/mol. The topological polar surface area (TPSA) is 65.4 Å². The van der Waals surface area contributed by atoms with Crippen LogP contribution in [-0.4, -0.2) is 60.0 Å². The van der Waals surface area contributed by atoms with E-state index in [0.717, 1.165) is 48.5 Å². The van der Waals surface area contributed by atoms with Crippen LogP contribution in [0.15, 0.2) is 59.7 Å². The van der Waals surface area contributed by atoms with E-state index >= 15 is 0 Å². The van der Waals surface area contributed by atoms with Crippen molar-refractivity contribution in [2.24, 2.45) is 11.0 Å². The minimum atomic E-state index is -0.117. The van der Waals surface area contributed by atoms with Gasteiger partial charge in [-0.05, 0) is 55.1 Å². The molecule has 30 heavy (non-hydrogen) atoms. The fourth-order valence-electron chi connectivity index (χ4n) is 4.22. The highest BCUT2D eigenvalue weighted by Crippen LogP contribution is 2.34. The molecular weight excluding hydrogens is 378 g/mol. The maximum absolute atomic E-state index is 13.3. The number of carbonyl (C=O) groups excluding carboxylic acids is 1. The van der Waals surface area contributed by atoms with Gasteiger partial charge in [-0.25, -0.2) is 5.01 Å². The third kappa shape index (κ3) is 4.55. The molecule has 1 atom stereocenters. The lowest BCUT2D eigenvalue weighted by molar-refractivity contribution is -0.134. The van der Waals surface area contributed by atoms with Crippen LogP contribution in [0.5, 0.6) is 5.75 Å². The summed E-state index contributed by atoms with van der Waals surface area (Å²) in [7, 11) is 1.65. The van der Waals surface area contributed by atoms with Crippen molar-refractivity contribution in [2.75, 3.05) is 33.4 Å². The van der Waals surface area contributed by atoms with Gasteiger partial charge in [0.1, 0.15) is 5.75 Å². The Kier molecular flexibility index (Phi) is 6.45. The van der Waals surface area contributed by atoms with Crippen LogP contribution < -0.4 is 4.74 Å². The molecule has 1 saturated heterocycles. The number of ether oxygens (including phenoxy) is 1. The Morgan fingerprint density at radius 2 is 1.80 bits per heavy atom. The van der Waals surface area contributed by atoms with Crippen molar-refractivity contribution in [3.05, 3.63) is 65.7 Å². The zero-order chi connectivity index (χ0) is 20.9. The molecule has 0 bridgehead atoms. The summed E-state index contributed by atoms with van der Waals surface area (Å²) >= 11 is 0. The van der Waals surface area contributed by atoms with Crippen molar-refractivity contribution in [2.45, 2.75) is 25.3 Å².